The molecule has 1 atom stereocenters. The van der Waals surface area contributed by atoms with Gasteiger partial charge in [-0.15, -0.1) is 0 Å². The second-order valence-corrected chi connectivity index (χ2v) is 7.06. The van der Waals surface area contributed by atoms with Crippen LogP contribution in [0.3, 0.4) is 0 Å². The topological polar surface area (TPSA) is 81.2 Å². The van der Waals surface area contributed by atoms with Gasteiger partial charge in [0.2, 0.25) is 0 Å². The van der Waals surface area contributed by atoms with E-state index in [4.69, 9.17) is 4.74 Å². The Bertz CT molecular complexity index is 1050. The van der Waals surface area contributed by atoms with Crippen LogP contribution in [0.4, 0.5) is 0 Å². The van der Waals surface area contributed by atoms with E-state index in [1.807, 2.05) is 45.0 Å². The van der Waals surface area contributed by atoms with Gasteiger partial charge in [0.25, 0.3) is 5.91 Å². The number of rotatable bonds is 6. The number of carbonyl (C=O) groups excluding carboxylic acids is 2. The number of amides is 1. The molecule has 0 aliphatic rings. The van der Waals surface area contributed by atoms with Gasteiger partial charge in [-0.2, -0.15) is 0 Å². The number of nitrogens with one attached hydrogen (secondary N) is 1. The quantitative estimate of drug-likeness (QED) is 0.646. The number of carbonyl (C=O) groups is 2. The summed E-state index contributed by atoms with van der Waals surface area (Å²) in [6.07, 6.45) is 0.969. The van der Waals surface area contributed by atoms with Gasteiger partial charge in [0.05, 0.1) is 34.0 Å². The zero-order valence-electron chi connectivity index (χ0n) is 17.2. The first-order chi connectivity index (χ1) is 13.9. The SMILES string of the molecule is CCc1ccc(C(C)NC(=O)COC(=O)c2ccc3nc(C)c(C)nc3c2)cc1. The lowest BCUT2D eigenvalue weighted by atomic mass is 10.1. The number of hydrogen-bond acceptors (Lipinski definition) is 5. The third kappa shape index (κ3) is 4.96. The molecule has 0 saturated carbocycles. The van der Waals surface area contributed by atoms with E-state index in [9.17, 15) is 9.59 Å². The van der Waals surface area contributed by atoms with Crippen molar-refractivity contribution in [2.75, 3.05) is 6.61 Å². The highest BCUT2D eigenvalue weighted by Crippen LogP contribution is 2.16. The van der Waals surface area contributed by atoms with E-state index in [0.717, 1.165) is 23.4 Å². The molecule has 150 valence electrons. The Morgan fingerprint density at radius 3 is 2.31 bits per heavy atom. The maximum atomic E-state index is 12.3. The van der Waals surface area contributed by atoms with E-state index in [0.29, 0.717) is 16.6 Å². The van der Waals surface area contributed by atoms with Crippen LogP contribution in [-0.4, -0.2) is 28.5 Å². The standard InChI is InChI=1S/C23H25N3O3/c1-5-17-6-8-18(9-7-17)16(4)26-22(27)13-29-23(28)19-10-11-20-21(12-19)25-15(3)14(2)24-20/h6-12,16H,5,13H2,1-4H3,(H,26,27). The molecular weight excluding hydrogens is 366 g/mol. The summed E-state index contributed by atoms with van der Waals surface area (Å²) in [5, 5.41) is 2.85. The highest BCUT2D eigenvalue weighted by Gasteiger charge is 2.14. The molecule has 1 N–H and O–H groups in total. The molecule has 0 saturated heterocycles. The van der Waals surface area contributed by atoms with Gasteiger partial charge in [-0.1, -0.05) is 31.2 Å². The van der Waals surface area contributed by atoms with Gasteiger partial charge in [-0.25, -0.2) is 14.8 Å². The molecule has 1 amide bonds. The molecule has 1 aromatic heterocycles. The molecule has 6 nitrogen and oxygen atoms in total. The van der Waals surface area contributed by atoms with Crippen molar-refractivity contribution in [2.24, 2.45) is 0 Å². The van der Waals surface area contributed by atoms with Crippen LogP contribution in [0.5, 0.6) is 0 Å². The normalized spacial score (nSPS) is 11.9. The van der Waals surface area contributed by atoms with E-state index >= 15 is 0 Å². The fourth-order valence-corrected chi connectivity index (χ4v) is 2.98. The van der Waals surface area contributed by atoms with Crippen molar-refractivity contribution in [1.29, 1.82) is 0 Å². The van der Waals surface area contributed by atoms with Crippen LogP contribution in [0.15, 0.2) is 42.5 Å². The van der Waals surface area contributed by atoms with Gasteiger partial charge in [0, 0.05) is 0 Å². The Balaban J connectivity index is 1.58. The summed E-state index contributed by atoms with van der Waals surface area (Å²) in [6.45, 7) is 7.41. The van der Waals surface area contributed by atoms with Crippen molar-refractivity contribution in [1.82, 2.24) is 15.3 Å². The molecule has 1 unspecified atom stereocenters. The maximum absolute atomic E-state index is 12.3. The Labute approximate surface area is 170 Å². The van der Waals surface area contributed by atoms with Gasteiger partial charge in [0.15, 0.2) is 6.61 Å². The van der Waals surface area contributed by atoms with Crippen LogP contribution >= 0.6 is 0 Å². The number of benzene rings is 2. The summed E-state index contributed by atoms with van der Waals surface area (Å²) in [6, 6.07) is 12.9. The molecule has 0 spiro atoms. The second-order valence-electron chi connectivity index (χ2n) is 7.06. The predicted molar refractivity (Wildman–Crippen MR) is 112 cm³/mol. The van der Waals surface area contributed by atoms with Gasteiger partial charge >= 0.3 is 5.97 Å². The number of ether oxygens (including phenoxy) is 1. The lowest BCUT2D eigenvalue weighted by molar-refractivity contribution is -0.124. The predicted octanol–water partition coefficient (Wildman–Crippen LogP) is 3.84. The minimum Gasteiger partial charge on any atom is -0.452 e. The average molecular weight is 391 g/mol. The van der Waals surface area contributed by atoms with E-state index in [1.165, 1.54) is 5.56 Å². The third-order valence-electron chi connectivity index (χ3n) is 4.91. The first kappa shape index (κ1) is 20.5. The molecule has 1 heterocycles. The lowest BCUT2D eigenvalue weighted by Crippen LogP contribution is -2.31. The Morgan fingerprint density at radius 1 is 1.00 bits per heavy atom. The first-order valence-electron chi connectivity index (χ1n) is 9.67. The number of aryl methyl sites for hydroxylation is 3. The van der Waals surface area contributed by atoms with Crippen LogP contribution in [0.1, 0.15) is 52.8 Å². The summed E-state index contributed by atoms with van der Waals surface area (Å²) < 4.78 is 5.17. The fraction of sp³-hybridized carbons (Fsp3) is 0.304. The van der Waals surface area contributed by atoms with Crippen LogP contribution in [0, 0.1) is 13.8 Å². The van der Waals surface area contributed by atoms with Crippen LogP contribution in [-0.2, 0) is 16.0 Å². The van der Waals surface area contributed by atoms with E-state index < -0.39 is 5.97 Å². The molecule has 29 heavy (non-hydrogen) atoms. The van der Waals surface area contributed by atoms with Crippen molar-refractivity contribution in [3.8, 4) is 0 Å². The van der Waals surface area contributed by atoms with Crippen molar-refractivity contribution < 1.29 is 14.3 Å². The van der Waals surface area contributed by atoms with Crippen LogP contribution < -0.4 is 5.32 Å². The smallest absolute Gasteiger partial charge is 0.338 e. The lowest BCUT2D eigenvalue weighted by Gasteiger charge is -2.15. The summed E-state index contributed by atoms with van der Waals surface area (Å²) in [4.78, 5) is 33.4. The van der Waals surface area contributed by atoms with Gasteiger partial charge in [-0.3, -0.25) is 4.79 Å². The monoisotopic (exact) mass is 391 g/mol. The third-order valence-corrected chi connectivity index (χ3v) is 4.91. The number of aromatic nitrogens is 2. The van der Waals surface area contributed by atoms with Crippen LogP contribution in [0.25, 0.3) is 11.0 Å². The summed E-state index contributed by atoms with van der Waals surface area (Å²) in [7, 11) is 0. The second kappa shape index (κ2) is 8.82. The summed E-state index contributed by atoms with van der Waals surface area (Å²) in [5.41, 5.74) is 5.58. The Kier molecular flexibility index (Phi) is 6.22. The Morgan fingerprint density at radius 2 is 1.66 bits per heavy atom. The highest BCUT2D eigenvalue weighted by atomic mass is 16.5. The molecular formula is C23H25N3O3. The zero-order valence-corrected chi connectivity index (χ0v) is 17.2. The fourth-order valence-electron chi connectivity index (χ4n) is 2.98. The first-order valence-corrected chi connectivity index (χ1v) is 9.67. The van der Waals surface area contributed by atoms with Crippen molar-refractivity contribution >= 4 is 22.9 Å². The van der Waals surface area contributed by atoms with Crippen molar-refractivity contribution in [3.63, 3.8) is 0 Å². The maximum Gasteiger partial charge on any atom is 0.338 e. The largest absolute Gasteiger partial charge is 0.452 e. The van der Waals surface area contributed by atoms with Gasteiger partial charge in [-0.05, 0) is 56.5 Å². The van der Waals surface area contributed by atoms with Gasteiger partial charge in [0.1, 0.15) is 0 Å². The molecule has 3 rings (SSSR count). The van der Waals surface area contributed by atoms with E-state index in [1.54, 1.807) is 18.2 Å². The molecule has 6 heteroatoms. The van der Waals surface area contributed by atoms with E-state index in [2.05, 4.69) is 22.2 Å². The molecule has 2 aromatic carbocycles. The van der Waals surface area contributed by atoms with Gasteiger partial charge < -0.3 is 10.1 Å². The molecule has 0 aliphatic carbocycles. The Hall–Kier alpha value is -3.28. The van der Waals surface area contributed by atoms with Crippen molar-refractivity contribution in [3.05, 3.63) is 70.5 Å². The number of esters is 1. The molecule has 0 fully saturated rings. The molecule has 0 bridgehead atoms. The molecule has 0 aliphatic heterocycles. The number of fused-ring (bicyclic) bond motifs is 1. The molecule has 0 radical (unpaired) electrons. The summed E-state index contributed by atoms with van der Waals surface area (Å²) >= 11 is 0. The van der Waals surface area contributed by atoms with Crippen LogP contribution in [0.2, 0.25) is 0 Å². The minimum atomic E-state index is -0.568. The zero-order chi connectivity index (χ0) is 21.0. The highest BCUT2D eigenvalue weighted by molar-refractivity contribution is 5.94. The number of nitrogens with zero attached hydrogens (tertiary/aromatic N) is 2. The minimum absolute atomic E-state index is 0.172. The average Bonchev–Trinajstić information content (AvgIpc) is 2.72. The van der Waals surface area contributed by atoms with Crippen molar-refractivity contribution in [2.45, 2.75) is 40.2 Å². The number of hydrogen-bond donors (Lipinski definition) is 1. The summed E-state index contributed by atoms with van der Waals surface area (Å²) in [5.74, 6) is -0.917. The van der Waals surface area contributed by atoms with E-state index in [-0.39, 0.29) is 18.6 Å². The molecule has 3 aromatic rings.